The topological polar surface area (TPSA) is 67.4 Å². The molecule has 2 aromatic rings. The minimum atomic E-state index is -0.360. The van der Waals surface area contributed by atoms with Gasteiger partial charge in [0.15, 0.2) is 0 Å². The molecule has 0 atom stereocenters. The lowest BCUT2D eigenvalue weighted by molar-refractivity contribution is -0.122. The van der Waals surface area contributed by atoms with Crippen molar-refractivity contribution in [1.82, 2.24) is 10.9 Å². The average Bonchev–Trinajstić information content (AvgIpc) is 2.58. The van der Waals surface area contributed by atoms with Crippen molar-refractivity contribution in [1.29, 1.82) is 0 Å². The van der Waals surface area contributed by atoms with Crippen molar-refractivity contribution in [2.45, 2.75) is 26.9 Å². The van der Waals surface area contributed by atoms with Gasteiger partial charge in [0.25, 0.3) is 5.91 Å². The van der Waals surface area contributed by atoms with Crippen LogP contribution in [0.4, 0.5) is 0 Å². The predicted octanol–water partition coefficient (Wildman–Crippen LogP) is 3.07. The van der Waals surface area contributed by atoms with Gasteiger partial charge in [0.2, 0.25) is 5.91 Å². The summed E-state index contributed by atoms with van der Waals surface area (Å²) in [6.07, 6.45) is 0.368. The minimum Gasteiger partial charge on any atom is -0.489 e. The van der Waals surface area contributed by atoms with Crippen molar-refractivity contribution in [3.63, 3.8) is 0 Å². The summed E-state index contributed by atoms with van der Waals surface area (Å²) in [5.41, 5.74) is 6.33. The molecule has 0 spiro atoms. The van der Waals surface area contributed by atoms with Crippen molar-refractivity contribution in [2.75, 3.05) is 0 Å². The summed E-state index contributed by atoms with van der Waals surface area (Å²) in [4.78, 5) is 23.5. The second-order valence-corrected chi connectivity index (χ2v) is 5.90. The highest BCUT2D eigenvalue weighted by Crippen LogP contribution is 2.14. The quantitative estimate of drug-likeness (QED) is 0.802. The standard InChI is InChI=1S/C19H22N2O3/c1-14(2)12-18(22)20-21-19(23)16-8-10-17(11-9-16)24-13-15-6-4-3-5-7-15/h3-11,14H,12-13H2,1-2H3,(H,20,22)(H,21,23). The van der Waals surface area contributed by atoms with Gasteiger partial charge in [-0.25, -0.2) is 0 Å². The van der Waals surface area contributed by atoms with Crippen LogP contribution in [0.3, 0.4) is 0 Å². The smallest absolute Gasteiger partial charge is 0.269 e. The molecule has 5 nitrogen and oxygen atoms in total. The van der Waals surface area contributed by atoms with Gasteiger partial charge < -0.3 is 4.74 Å². The number of amides is 2. The van der Waals surface area contributed by atoms with Gasteiger partial charge in [0, 0.05) is 12.0 Å². The highest BCUT2D eigenvalue weighted by Gasteiger charge is 2.08. The molecule has 2 amide bonds. The molecule has 0 aliphatic rings. The van der Waals surface area contributed by atoms with E-state index < -0.39 is 0 Å². The van der Waals surface area contributed by atoms with Crippen LogP contribution >= 0.6 is 0 Å². The summed E-state index contributed by atoms with van der Waals surface area (Å²) in [6, 6.07) is 16.6. The molecular weight excluding hydrogens is 304 g/mol. The second-order valence-electron chi connectivity index (χ2n) is 5.90. The Morgan fingerprint density at radius 2 is 1.62 bits per heavy atom. The van der Waals surface area contributed by atoms with Gasteiger partial charge in [-0.2, -0.15) is 0 Å². The third-order valence-electron chi connectivity index (χ3n) is 3.27. The summed E-state index contributed by atoms with van der Waals surface area (Å²) < 4.78 is 5.67. The average molecular weight is 326 g/mol. The van der Waals surface area contributed by atoms with Gasteiger partial charge in [0.05, 0.1) is 0 Å². The molecule has 2 rings (SSSR count). The van der Waals surface area contributed by atoms with Crippen LogP contribution in [0, 0.1) is 5.92 Å². The number of ether oxygens (including phenoxy) is 1. The van der Waals surface area contributed by atoms with E-state index in [1.165, 1.54) is 0 Å². The highest BCUT2D eigenvalue weighted by molar-refractivity contribution is 5.95. The minimum absolute atomic E-state index is 0.207. The fourth-order valence-corrected chi connectivity index (χ4v) is 2.06. The van der Waals surface area contributed by atoms with E-state index in [1.807, 2.05) is 44.2 Å². The number of nitrogens with one attached hydrogen (secondary N) is 2. The van der Waals surface area contributed by atoms with Crippen molar-refractivity contribution < 1.29 is 14.3 Å². The van der Waals surface area contributed by atoms with Gasteiger partial charge in [-0.3, -0.25) is 20.4 Å². The number of benzene rings is 2. The van der Waals surface area contributed by atoms with Crippen molar-refractivity contribution in [3.8, 4) is 5.75 Å². The lowest BCUT2D eigenvalue weighted by Crippen LogP contribution is -2.41. The zero-order valence-corrected chi connectivity index (χ0v) is 13.9. The van der Waals surface area contributed by atoms with Crippen LogP contribution in [0.15, 0.2) is 54.6 Å². The predicted molar refractivity (Wildman–Crippen MR) is 92.3 cm³/mol. The third-order valence-corrected chi connectivity index (χ3v) is 3.27. The molecule has 0 fully saturated rings. The largest absolute Gasteiger partial charge is 0.489 e. The van der Waals surface area contributed by atoms with Gasteiger partial charge in [-0.1, -0.05) is 44.2 Å². The maximum absolute atomic E-state index is 12.0. The van der Waals surface area contributed by atoms with Crippen LogP contribution in [0.5, 0.6) is 5.75 Å². The Morgan fingerprint density at radius 1 is 0.958 bits per heavy atom. The first-order chi connectivity index (χ1) is 11.5. The van der Waals surface area contributed by atoms with E-state index in [0.29, 0.717) is 24.3 Å². The number of rotatable bonds is 6. The summed E-state index contributed by atoms with van der Waals surface area (Å²) in [5, 5.41) is 0. The first kappa shape index (κ1) is 17.5. The second kappa shape index (κ2) is 8.72. The van der Waals surface area contributed by atoms with E-state index in [-0.39, 0.29) is 17.7 Å². The Bertz CT molecular complexity index is 667. The lowest BCUT2D eigenvalue weighted by atomic mass is 10.1. The van der Waals surface area contributed by atoms with E-state index in [4.69, 9.17) is 4.74 Å². The number of hydrogen-bond acceptors (Lipinski definition) is 3. The van der Waals surface area contributed by atoms with E-state index in [9.17, 15) is 9.59 Å². The Labute approximate surface area is 142 Å². The first-order valence-corrected chi connectivity index (χ1v) is 7.90. The van der Waals surface area contributed by atoms with Gasteiger partial charge in [-0.05, 0) is 35.7 Å². The molecule has 2 N–H and O–H groups in total. The Kier molecular flexibility index (Phi) is 6.37. The zero-order chi connectivity index (χ0) is 17.4. The van der Waals surface area contributed by atoms with Crippen LogP contribution in [0.2, 0.25) is 0 Å². The van der Waals surface area contributed by atoms with Crippen LogP contribution in [-0.2, 0) is 11.4 Å². The van der Waals surface area contributed by atoms with E-state index in [2.05, 4.69) is 10.9 Å². The van der Waals surface area contributed by atoms with Crippen LogP contribution < -0.4 is 15.6 Å². The van der Waals surface area contributed by atoms with Crippen LogP contribution in [-0.4, -0.2) is 11.8 Å². The normalized spacial score (nSPS) is 10.3. The summed E-state index contributed by atoms with van der Waals surface area (Å²) >= 11 is 0. The molecule has 0 aromatic heterocycles. The Hall–Kier alpha value is -2.82. The maximum Gasteiger partial charge on any atom is 0.269 e. The molecule has 5 heteroatoms. The molecule has 0 aliphatic carbocycles. The van der Waals surface area contributed by atoms with Crippen LogP contribution in [0.1, 0.15) is 36.2 Å². The van der Waals surface area contributed by atoms with E-state index in [1.54, 1.807) is 24.3 Å². The van der Waals surface area contributed by atoms with E-state index >= 15 is 0 Å². The van der Waals surface area contributed by atoms with E-state index in [0.717, 1.165) is 5.56 Å². The molecule has 0 saturated heterocycles. The molecule has 0 bridgehead atoms. The summed E-state index contributed by atoms with van der Waals surface area (Å²) in [6.45, 7) is 4.35. The summed E-state index contributed by atoms with van der Waals surface area (Å²) in [7, 11) is 0. The van der Waals surface area contributed by atoms with Crippen molar-refractivity contribution in [2.24, 2.45) is 5.92 Å². The fourth-order valence-electron chi connectivity index (χ4n) is 2.06. The molecule has 2 aromatic carbocycles. The third kappa shape index (κ3) is 5.76. The molecular formula is C19H22N2O3. The van der Waals surface area contributed by atoms with Gasteiger partial charge in [-0.15, -0.1) is 0 Å². The monoisotopic (exact) mass is 326 g/mol. The lowest BCUT2D eigenvalue weighted by Gasteiger charge is -2.10. The first-order valence-electron chi connectivity index (χ1n) is 7.90. The molecule has 0 heterocycles. The van der Waals surface area contributed by atoms with Gasteiger partial charge >= 0.3 is 0 Å². The van der Waals surface area contributed by atoms with Crippen molar-refractivity contribution >= 4 is 11.8 Å². The number of hydrazine groups is 1. The summed E-state index contributed by atoms with van der Waals surface area (Å²) in [5.74, 6) is 0.352. The van der Waals surface area contributed by atoms with Gasteiger partial charge in [0.1, 0.15) is 12.4 Å². The van der Waals surface area contributed by atoms with Crippen molar-refractivity contribution in [3.05, 3.63) is 65.7 Å². The SMILES string of the molecule is CC(C)CC(=O)NNC(=O)c1ccc(OCc2ccccc2)cc1. The molecule has 126 valence electrons. The molecule has 0 saturated carbocycles. The number of carbonyl (C=O) groups excluding carboxylic acids is 2. The fraction of sp³-hybridized carbons (Fsp3) is 0.263. The Morgan fingerprint density at radius 3 is 2.25 bits per heavy atom. The zero-order valence-electron chi connectivity index (χ0n) is 13.9. The molecule has 0 radical (unpaired) electrons. The molecule has 0 unspecified atom stereocenters. The number of hydrogen-bond donors (Lipinski definition) is 2. The molecule has 24 heavy (non-hydrogen) atoms. The molecule has 0 aliphatic heterocycles. The highest BCUT2D eigenvalue weighted by atomic mass is 16.5. The Balaban J connectivity index is 1.82. The van der Waals surface area contributed by atoms with Crippen LogP contribution in [0.25, 0.3) is 0 Å². The number of carbonyl (C=O) groups is 2. The maximum atomic E-state index is 12.0.